The zero-order valence-corrected chi connectivity index (χ0v) is 32.5. The number of primary amides is 1. The van der Waals surface area contributed by atoms with Gasteiger partial charge in [0.1, 0.15) is 36.0 Å². The van der Waals surface area contributed by atoms with E-state index in [0.29, 0.717) is 50.0 Å². The molecule has 0 aliphatic heterocycles. The first-order valence-electron chi connectivity index (χ1n) is 19.0. The van der Waals surface area contributed by atoms with E-state index >= 15 is 0 Å². The number of rotatable bonds is 27. The number of nitrogens with one attached hydrogen (secondary N) is 6. The lowest BCUT2D eigenvalue weighted by Crippen LogP contribution is -2.60. The molecule has 0 saturated heterocycles. The molecule has 0 unspecified atom stereocenters. The number of nitrogens with two attached hydrogens (primary N) is 4. The maximum absolute atomic E-state index is 13.9. The van der Waals surface area contributed by atoms with Gasteiger partial charge in [0, 0.05) is 24.7 Å². The first-order chi connectivity index (χ1) is 27.0. The largest absolute Gasteiger partial charge is 0.508 e. The van der Waals surface area contributed by atoms with E-state index in [1.54, 1.807) is 26.0 Å². The van der Waals surface area contributed by atoms with Crippen LogP contribution in [0.4, 0.5) is 0 Å². The van der Waals surface area contributed by atoms with Crippen LogP contribution in [-0.4, -0.2) is 111 Å². The first kappa shape index (κ1) is 47.6. The molecule has 0 fully saturated rings. The summed E-state index contributed by atoms with van der Waals surface area (Å²) in [5.41, 5.74) is 24.1. The first-order valence-corrected chi connectivity index (χ1v) is 19.0. The van der Waals surface area contributed by atoms with Crippen LogP contribution in [0.25, 0.3) is 0 Å². The van der Waals surface area contributed by atoms with E-state index < -0.39 is 84.1 Å². The summed E-state index contributed by atoms with van der Waals surface area (Å²) in [6.07, 6.45) is 4.27. The minimum Gasteiger partial charge on any atom is -0.508 e. The van der Waals surface area contributed by atoms with Gasteiger partial charge in [-0.15, -0.1) is 0 Å². The Bertz CT molecular complexity index is 1610. The number of H-pyrrole nitrogens is 1. The molecule has 2 aromatic rings. The molecule has 2 rings (SSSR count). The van der Waals surface area contributed by atoms with Crippen molar-refractivity contribution in [3.8, 4) is 5.75 Å². The van der Waals surface area contributed by atoms with Gasteiger partial charge < -0.3 is 64.7 Å². The lowest BCUT2D eigenvalue weighted by Gasteiger charge is -2.28. The van der Waals surface area contributed by atoms with Gasteiger partial charge in [-0.05, 0) is 81.6 Å². The van der Waals surface area contributed by atoms with E-state index in [0.717, 1.165) is 0 Å². The quantitative estimate of drug-likeness (QED) is 0.0432. The summed E-state index contributed by atoms with van der Waals surface area (Å²) < 4.78 is 0. The third kappa shape index (κ3) is 17.8. The van der Waals surface area contributed by atoms with E-state index in [1.807, 2.05) is 0 Å². The Kier molecular flexibility index (Phi) is 20.7. The molecule has 1 aromatic heterocycles. The molecular weight excluding hydrogens is 742 g/mol. The zero-order valence-electron chi connectivity index (χ0n) is 32.5. The summed E-state index contributed by atoms with van der Waals surface area (Å²) in [4.78, 5) is 98.3. The number of hydrogen-bond acceptors (Lipinski definition) is 12. The molecule has 0 radical (unpaired) electrons. The minimum absolute atomic E-state index is 0.0144. The Morgan fingerprint density at radius 1 is 0.702 bits per heavy atom. The van der Waals surface area contributed by atoms with E-state index in [9.17, 15) is 43.8 Å². The van der Waals surface area contributed by atoms with Gasteiger partial charge >= 0.3 is 5.97 Å². The van der Waals surface area contributed by atoms with Crippen molar-refractivity contribution in [1.29, 1.82) is 0 Å². The number of aromatic nitrogens is 2. The van der Waals surface area contributed by atoms with E-state index in [-0.39, 0.29) is 43.8 Å². The van der Waals surface area contributed by atoms with E-state index in [1.165, 1.54) is 24.7 Å². The smallest absolute Gasteiger partial charge is 0.305 e. The lowest BCUT2D eigenvalue weighted by atomic mass is 10.0. The molecule has 1 aromatic carbocycles. The highest BCUT2D eigenvalue weighted by Gasteiger charge is 2.33. The number of phenolic OH excluding ortho intramolecular Hbond substituents is 1. The number of carboxylic acids is 1. The number of imidazole rings is 1. The topological polar surface area (TPSA) is 353 Å². The number of aliphatic carboxylic acids is 1. The van der Waals surface area contributed by atoms with Crippen LogP contribution in [0.1, 0.15) is 76.5 Å². The number of hydrogen-bond donors (Lipinski definition) is 12. The van der Waals surface area contributed by atoms with Crippen molar-refractivity contribution in [2.75, 3.05) is 13.1 Å². The number of carbonyl (C=O) groups is 7. The number of carbonyl (C=O) groups excluding carboxylic acids is 6. The van der Waals surface area contributed by atoms with E-state index in [4.69, 9.17) is 22.9 Å². The summed E-state index contributed by atoms with van der Waals surface area (Å²) in [6.45, 7) is 4.20. The zero-order chi connectivity index (χ0) is 42.5. The maximum atomic E-state index is 13.9. The van der Waals surface area contributed by atoms with Crippen LogP contribution in [0, 0.1) is 5.92 Å². The Morgan fingerprint density at radius 2 is 1.19 bits per heavy atom. The number of benzene rings is 1. The van der Waals surface area contributed by atoms with Crippen molar-refractivity contribution in [1.82, 2.24) is 36.6 Å². The summed E-state index contributed by atoms with van der Waals surface area (Å²) >= 11 is 0. The van der Waals surface area contributed by atoms with Gasteiger partial charge in [0.15, 0.2) is 0 Å². The lowest BCUT2D eigenvalue weighted by molar-refractivity contribution is -0.141. The molecule has 0 bridgehead atoms. The third-order valence-electron chi connectivity index (χ3n) is 8.88. The van der Waals surface area contributed by atoms with Crippen molar-refractivity contribution >= 4 is 41.4 Å². The van der Waals surface area contributed by atoms with Crippen molar-refractivity contribution in [2.24, 2.45) is 28.9 Å². The Hall–Kier alpha value is -5.60. The molecule has 6 atom stereocenters. The minimum atomic E-state index is -1.60. The van der Waals surface area contributed by atoms with Gasteiger partial charge in [0.2, 0.25) is 35.4 Å². The molecule has 16 N–H and O–H groups in total. The third-order valence-corrected chi connectivity index (χ3v) is 8.88. The number of unbranched alkanes of at least 4 members (excludes halogenated alkanes) is 2. The van der Waals surface area contributed by atoms with Crippen molar-refractivity contribution in [3.63, 3.8) is 0 Å². The van der Waals surface area contributed by atoms with Crippen LogP contribution in [0.5, 0.6) is 5.75 Å². The van der Waals surface area contributed by atoms with Crippen molar-refractivity contribution < 1.29 is 43.8 Å². The molecular formula is C37H59N11O9. The van der Waals surface area contributed by atoms with Crippen LogP contribution in [-0.2, 0) is 46.4 Å². The van der Waals surface area contributed by atoms with Gasteiger partial charge in [0.25, 0.3) is 0 Å². The predicted octanol–water partition coefficient (Wildman–Crippen LogP) is -2.08. The second-order valence-corrected chi connectivity index (χ2v) is 14.3. The fraction of sp³-hybridized carbons (Fsp3) is 0.568. The Labute approximate surface area is 331 Å². The van der Waals surface area contributed by atoms with Crippen LogP contribution in [0.2, 0.25) is 0 Å². The SMILES string of the molecule is CC(C)C[C@H](NC(=O)[C@H](CC(=O)O)NC(=O)[C@@H](N)Cc1cnc[nH]1)C(=O)N[C@@H](CCCCN)C(=O)N[C@@H](CCCCN)C(=O)N[C@@H](Cc1ccc(O)cc1)C(N)=O. The van der Waals surface area contributed by atoms with Gasteiger partial charge in [0.05, 0.1) is 18.8 Å². The highest BCUT2D eigenvalue weighted by Crippen LogP contribution is 2.13. The van der Waals surface area contributed by atoms with Gasteiger partial charge in [-0.1, -0.05) is 26.0 Å². The Morgan fingerprint density at radius 3 is 1.67 bits per heavy atom. The number of carboxylic acid groups (broad SMARTS) is 1. The number of amides is 6. The average Bonchev–Trinajstić information content (AvgIpc) is 3.66. The number of nitrogens with zero attached hydrogens (tertiary/aromatic N) is 1. The van der Waals surface area contributed by atoms with Crippen LogP contribution >= 0.6 is 0 Å². The molecule has 20 heteroatoms. The number of aromatic amines is 1. The van der Waals surface area contributed by atoms with Crippen molar-refractivity contribution in [3.05, 3.63) is 48.0 Å². The van der Waals surface area contributed by atoms with E-state index in [2.05, 4.69) is 36.6 Å². The second kappa shape index (κ2) is 24.8. The summed E-state index contributed by atoms with van der Waals surface area (Å²) in [6, 6.07) is -1.55. The second-order valence-electron chi connectivity index (χ2n) is 14.3. The number of phenols is 1. The normalized spacial score (nSPS) is 14.3. The molecule has 0 spiro atoms. The molecule has 57 heavy (non-hydrogen) atoms. The molecule has 0 saturated carbocycles. The number of aromatic hydroxyl groups is 1. The molecule has 1 heterocycles. The summed E-state index contributed by atoms with van der Waals surface area (Å²) in [7, 11) is 0. The van der Waals surface area contributed by atoms with Gasteiger partial charge in [-0.25, -0.2) is 4.98 Å². The standard InChI is InChI=1S/C37H59N11O9/c1-21(2)15-29(48-37(57)30(18-31(50)51)47-33(53)25(40)17-23-19-42-20-43-23)36(56)45-26(7-3-5-13-38)34(54)44-27(8-4-6-14-39)35(55)46-28(32(41)52)16-22-9-11-24(49)12-10-22/h9-12,19-21,25-30,49H,3-8,13-18,38-40H2,1-2H3,(H2,41,52)(H,42,43)(H,44,54)(H,45,56)(H,46,55)(H,47,53)(H,48,57)(H,50,51)/t25-,26-,27-,28-,29-,30-/m0/s1. The molecule has 0 aliphatic carbocycles. The summed E-state index contributed by atoms with van der Waals surface area (Å²) in [5, 5.41) is 32.0. The highest BCUT2D eigenvalue weighted by molar-refractivity contribution is 5.97. The summed E-state index contributed by atoms with van der Waals surface area (Å²) in [5.74, 6) is -6.33. The fourth-order valence-electron chi connectivity index (χ4n) is 5.79. The molecule has 6 amide bonds. The average molecular weight is 802 g/mol. The fourth-order valence-corrected chi connectivity index (χ4v) is 5.79. The molecule has 20 nitrogen and oxygen atoms in total. The van der Waals surface area contributed by atoms with Gasteiger partial charge in [-0.3, -0.25) is 33.6 Å². The Balaban J connectivity index is 2.27. The van der Waals surface area contributed by atoms with Crippen LogP contribution in [0.15, 0.2) is 36.8 Å². The monoisotopic (exact) mass is 801 g/mol. The van der Waals surface area contributed by atoms with Gasteiger partial charge in [-0.2, -0.15) is 0 Å². The molecule has 316 valence electrons. The van der Waals surface area contributed by atoms with Crippen LogP contribution in [0.3, 0.4) is 0 Å². The predicted molar refractivity (Wildman–Crippen MR) is 208 cm³/mol. The van der Waals surface area contributed by atoms with Crippen LogP contribution < -0.4 is 49.5 Å². The highest BCUT2D eigenvalue weighted by atomic mass is 16.4. The maximum Gasteiger partial charge on any atom is 0.305 e. The molecule has 0 aliphatic rings. The van der Waals surface area contributed by atoms with Crippen molar-refractivity contribution in [2.45, 2.75) is 114 Å².